The first-order chi connectivity index (χ1) is 9.01. The fourth-order valence-corrected chi connectivity index (χ4v) is 2.07. The van der Waals surface area contributed by atoms with E-state index in [0.717, 1.165) is 31.6 Å². The predicted molar refractivity (Wildman–Crippen MR) is 75.9 cm³/mol. The molecule has 1 aromatic carbocycles. The van der Waals surface area contributed by atoms with Crippen molar-refractivity contribution in [3.63, 3.8) is 0 Å². The number of hydrogen-bond acceptors (Lipinski definition) is 4. The SMILES string of the molecule is CCCN(CCC)c1ccc([N+](=O)[O-])c(C(C)=O)c1. The van der Waals surface area contributed by atoms with E-state index in [9.17, 15) is 14.9 Å². The molecule has 0 aliphatic heterocycles. The first-order valence-corrected chi connectivity index (χ1v) is 6.55. The molecule has 0 atom stereocenters. The Labute approximate surface area is 113 Å². The molecule has 0 radical (unpaired) electrons. The fraction of sp³-hybridized carbons (Fsp3) is 0.500. The number of Topliss-reactive ketones (excluding diaryl/α,β-unsaturated/α-hetero) is 1. The lowest BCUT2D eigenvalue weighted by Crippen LogP contribution is -2.25. The Morgan fingerprint density at radius 2 is 1.84 bits per heavy atom. The smallest absolute Gasteiger partial charge is 0.280 e. The molecule has 1 rings (SSSR count). The lowest BCUT2D eigenvalue weighted by atomic mass is 10.1. The second-order valence-corrected chi connectivity index (χ2v) is 4.50. The van der Waals surface area contributed by atoms with Crippen molar-refractivity contribution < 1.29 is 9.72 Å². The monoisotopic (exact) mass is 264 g/mol. The van der Waals surface area contributed by atoms with Gasteiger partial charge < -0.3 is 4.90 Å². The zero-order valence-electron chi connectivity index (χ0n) is 11.7. The minimum atomic E-state index is -0.509. The minimum absolute atomic E-state index is 0.121. The molecule has 0 unspecified atom stereocenters. The van der Waals surface area contributed by atoms with Gasteiger partial charge in [0, 0.05) is 24.8 Å². The summed E-state index contributed by atoms with van der Waals surface area (Å²) in [5.74, 6) is -0.276. The molecule has 0 aromatic heterocycles. The molecule has 1 aromatic rings. The first-order valence-electron chi connectivity index (χ1n) is 6.55. The van der Waals surface area contributed by atoms with Crippen molar-refractivity contribution in [1.29, 1.82) is 0 Å². The van der Waals surface area contributed by atoms with Crippen LogP contribution in [0.3, 0.4) is 0 Å². The van der Waals surface area contributed by atoms with Crippen LogP contribution < -0.4 is 4.90 Å². The maximum Gasteiger partial charge on any atom is 0.280 e. The normalized spacial score (nSPS) is 10.3. The maximum absolute atomic E-state index is 11.5. The number of carbonyl (C=O) groups excluding carboxylic acids is 1. The molecule has 5 nitrogen and oxygen atoms in total. The number of ketones is 1. The third-order valence-corrected chi connectivity index (χ3v) is 2.91. The van der Waals surface area contributed by atoms with Crippen molar-refractivity contribution in [2.24, 2.45) is 0 Å². The van der Waals surface area contributed by atoms with E-state index in [1.165, 1.54) is 13.0 Å². The van der Waals surface area contributed by atoms with Crippen LogP contribution in [0.4, 0.5) is 11.4 Å². The predicted octanol–water partition coefficient (Wildman–Crippen LogP) is 3.42. The molecule has 104 valence electrons. The summed E-state index contributed by atoms with van der Waals surface area (Å²) < 4.78 is 0. The van der Waals surface area contributed by atoms with Crippen LogP contribution in [0.1, 0.15) is 44.0 Å². The third-order valence-electron chi connectivity index (χ3n) is 2.91. The number of hydrogen-bond donors (Lipinski definition) is 0. The standard InChI is InChI=1S/C14H20N2O3/c1-4-8-15(9-5-2)12-6-7-14(16(18)19)13(10-12)11(3)17/h6-7,10H,4-5,8-9H2,1-3H3. The lowest BCUT2D eigenvalue weighted by molar-refractivity contribution is -0.385. The molecule has 0 heterocycles. The zero-order valence-corrected chi connectivity index (χ0v) is 11.7. The van der Waals surface area contributed by atoms with Crippen LogP contribution in [0.2, 0.25) is 0 Å². The Balaban J connectivity index is 3.19. The summed E-state index contributed by atoms with van der Waals surface area (Å²) >= 11 is 0. The zero-order chi connectivity index (χ0) is 14.4. The highest BCUT2D eigenvalue weighted by Crippen LogP contribution is 2.25. The Kier molecular flexibility index (Phi) is 5.48. The van der Waals surface area contributed by atoms with Crippen LogP contribution in [-0.4, -0.2) is 23.8 Å². The third kappa shape index (κ3) is 3.77. The van der Waals surface area contributed by atoms with Crippen LogP contribution in [-0.2, 0) is 0 Å². The highest BCUT2D eigenvalue weighted by atomic mass is 16.6. The van der Waals surface area contributed by atoms with Gasteiger partial charge in [0.1, 0.15) is 0 Å². The Morgan fingerprint density at radius 3 is 2.26 bits per heavy atom. The van der Waals surface area contributed by atoms with Crippen molar-refractivity contribution in [2.75, 3.05) is 18.0 Å². The molecule has 0 fully saturated rings. The molecule has 0 saturated heterocycles. The lowest BCUT2D eigenvalue weighted by Gasteiger charge is -2.24. The van der Waals surface area contributed by atoms with E-state index in [2.05, 4.69) is 18.7 Å². The number of nitro benzene ring substituents is 1. The summed E-state index contributed by atoms with van der Waals surface area (Å²) in [6, 6.07) is 4.77. The van der Waals surface area contributed by atoms with Gasteiger partial charge in [0.2, 0.25) is 0 Å². The van der Waals surface area contributed by atoms with Gasteiger partial charge in [-0.05, 0) is 31.9 Å². The topological polar surface area (TPSA) is 63.4 Å². The quantitative estimate of drug-likeness (QED) is 0.430. The summed E-state index contributed by atoms with van der Waals surface area (Å²) in [6.07, 6.45) is 1.98. The van der Waals surface area contributed by atoms with Crippen LogP contribution in [0.5, 0.6) is 0 Å². The number of benzene rings is 1. The van der Waals surface area contributed by atoms with E-state index in [1.54, 1.807) is 12.1 Å². The summed E-state index contributed by atoms with van der Waals surface area (Å²) in [5, 5.41) is 10.9. The molecule has 5 heteroatoms. The van der Waals surface area contributed by atoms with Crippen molar-refractivity contribution in [1.82, 2.24) is 0 Å². The minimum Gasteiger partial charge on any atom is -0.372 e. The molecular formula is C14H20N2O3. The number of nitrogens with zero attached hydrogens (tertiary/aromatic N) is 2. The van der Waals surface area contributed by atoms with E-state index in [0.29, 0.717) is 0 Å². The first kappa shape index (κ1) is 15.1. The van der Waals surface area contributed by atoms with Crippen molar-refractivity contribution >= 4 is 17.2 Å². The van der Waals surface area contributed by atoms with Gasteiger partial charge in [-0.3, -0.25) is 14.9 Å². The Bertz CT molecular complexity index is 466. The average Bonchev–Trinajstić information content (AvgIpc) is 2.37. The summed E-state index contributed by atoms with van der Waals surface area (Å²) in [7, 11) is 0. The van der Waals surface area contributed by atoms with Crippen molar-refractivity contribution in [3.05, 3.63) is 33.9 Å². The molecular weight excluding hydrogens is 244 g/mol. The molecule has 0 aliphatic carbocycles. The molecule has 0 spiro atoms. The molecule has 0 amide bonds. The van der Waals surface area contributed by atoms with Gasteiger partial charge in [0.05, 0.1) is 10.5 Å². The molecule has 0 bridgehead atoms. The Morgan fingerprint density at radius 1 is 1.26 bits per heavy atom. The van der Waals surface area contributed by atoms with Gasteiger partial charge in [-0.15, -0.1) is 0 Å². The van der Waals surface area contributed by atoms with Gasteiger partial charge in [0.25, 0.3) is 5.69 Å². The van der Waals surface area contributed by atoms with Gasteiger partial charge in [-0.25, -0.2) is 0 Å². The summed E-state index contributed by atoms with van der Waals surface area (Å²) in [4.78, 5) is 24.1. The molecule has 0 saturated carbocycles. The number of rotatable bonds is 7. The van der Waals surface area contributed by atoms with Crippen LogP contribution in [0, 0.1) is 10.1 Å². The highest BCUT2D eigenvalue weighted by Gasteiger charge is 2.19. The van der Waals surface area contributed by atoms with E-state index >= 15 is 0 Å². The van der Waals surface area contributed by atoms with Gasteiger partial charge in [-0.2, -0.15) is 0 Å². The van der Waals surface area contributed by atoms with Crippen molar-refractivity contribution in [3.8, 4) is 0 Å². The number of nitro groups is 1. The van der Waals surface area contributed by atoms with E-state index in [4.69, 9.17) is 0 Å². The molecule has 19 heavy (non-hydrogen) atoms. The van der Waals surface area contributed by atoms with Gasteiger partial charge in [-0.1, -0.05) is 13.8 Å². The summed E-state index contributed by atoms with van der Waals surface area (Å²) in [5.41, 5.74) is 0.934. The second-order valence-electron chi connectivity index (χ2n) is 4.50. The molecule has 0 N–H and O–H groups in total. The summed E-state index contributed by atoms with van der Waals surface area (Å²) in [6.45, 7) is 7.28. The maximum atomic E-state index is 11.5. The average molecular weight is 264 g/mol. The Hall–Kier alpha value is -1.91. The van der Waals surface area contributed by atoms with Crippen LogP contribution in [0.15, 0.2) is 18.2 Å². The molecule has 0 aliphatic rings. The van der Waals surface area contributed by atoms with Gasteiger partial charge >= 0.3 is 0 Å². The van der Waals surface area contributed by atoms with Crippen LogP contribution in [0.25, 0.3) is 0 Å². The largest absolute Gasteiger partial charge is 0.372 e. The van der Waals surface area contributed by atoms with Gasteiger partial charge in [0.15, 0.2) is 5.78 Å². The fourth-order valence-electron chi connectivity index (χ4n) is 2.07. The number of carbonyl (C=O) groups is 1. The van der Waals surface area contributed by atoms with E-state index < -0.39 is 4.92 Å². The highest BCUT2D eigenvalue weighted by molar-refractivity contribution is 5.99. The van der Waals surface area contributed by atoms with E-state index in [1.807, 2.05) is 0 Å². The second kappa shape index (κ2) is 6.87. The number of anilines is 1. The van der Waals surface area contributed by atoms with Crippen molar-refractivity contribution in [2.45, 2.75) is 33.6 Å². The van der Waals surface area contributed by atoms with Crippen LogP contribution >= 0.6 is 0 Å². The van der Waals surface area contributed by atoms with E-state index in [-0.39, 0.29) is 17.0 Å².